The Hall–Kier alpha value is -1.67. The van der Waals surface area contributed by atoms with Gasteiger partial charge in [0.1, 0.15) is 10.7 Å². The first-order valence-electron chi connectivity index (χ1n) is 5.17. The monoisotopic (exact) mass is 283 g/mol. The molecule has 0 radical (unpaired) electrons. The molecule has 0 aliphatic rings. The number of hydrogen-bond donors (Lipinski definition) is 2. The van der Waals surface area contributed by atoms with E-state index in [4.69, 9.17) is 5.73 Å². The Balaban J connectivity index is 2.04. The van der Waals surface area contributed by atoms with Gasteiger partial charge in [0.2, 0.25) is 0 Å². The van der Waals surface area contributed by atoms with Gasteiger partial charge in [-0.2, -0.15) is 0 Å². The van der Waals surface area contributed by atoms with Crippen LogP contribution in [0.1, 0.15) is 14.5 Å². The molecule has 0 saturated carbocycles. The van der Waals surface area contributed by atoms with E-state index in [1.165, 1.54) is 22.7 Å². The number of rotatable bonds is 4. The molecule has 8 heteroatoms. The van der Waals surface area contributed by atoms with Gasteiger partial charge in [0, 0.05) is 25.2 Å². The zero-order valence-corrected chi connectivity index (χ0v) is 11.6. The number of hydrogen-bond acceptors (Lipinski definition) is 7. The number of nitrogens with two attached hydrogens (primary N) is 1. The SMILES string of the molecule is CN(C)c1nc(N)c(C(=O)NCc2cncs2)s1. The van der Waals surface area contributed by atoms with Crippen molar-refractivity contribution in [2.45, 2.75) is 6.54 Å². The fourth-order valence-electron chi connectivity index (χ4n) is 1.25. The van der Waals surface area contributed by atoms with E-state index in [1.807, 2.05) is 19.0 Å². The van der Waals surface area contributed by atoms with Crippen molar-refractivity contribution in [1.82, 2.24) is 15.3 Å². The minimum atomic E-state index is -0.202. The largest absolute Gasteiger partial charge is 0.382 e. The van der Waals surface area contributed by atoms with Crippen LogP contribution >= 0.6 is 22.7 Å². The molecule has 2 rings (SSSR count). The third-order valence-electron chi connectivity index (χ3n) is 2.14. The summed E-state index contributed by atoms with van der Waals surface area (Å²) in [4.78, 5) is 23.3. The van der Waals surface area contributed by atoms with E-state index in [-0.39, 0.29) is 11.7 Å². The van der Waals surface area contributed by atoms with Crippen LogP contribution in [0.15, 0.2) is 11.7 Å². The maximum absolute atomic E-state index is 11.9. The number of nitrogen functional groups attached to an aromatic ring is 1. The van der Waals surface area contributed by atoms with Crippen LogP contribution in [0.5, 0.6) is 0 Å². The molecule has 96 valence electrons. The standard InChI is InChI=1S/C10H13N5OS2/c1-15(2)10-14-8(11)7(18-10)9(16)13-4-6-3-12-5-17-6/h3,5H,4,11H2,1-2H3,(H,13,16). The molecule has 6 nitrogen and oxygen atoms in total. The van der Waals surface area contributed by atoms with Crippen molar-refractivity contribution in [1.29, 1.82) is 0 Å². The summed E-state index contributed by atoms with van der Waals surface area (Å²) in [6.07, 6.45) is 1.73. The van der Waals surface area contributed by atoms with Crippen molar-refractivity contribution in [3.8, 4) is 0 Å². The molecule has 0 atom stereocenters. The second kappa shape index (κ2) is 5.32. The van der Waals surface area contributed by atoms with E-state index in [0.29, 0.717) is 11.4 Å². The Morgan fingerprint density at radius 1 is 1.56 bits per heavy atom. The van der Waals surface area contributed by atoms with Gasteiger partial charge in [0.25, 0.3) is 5.91 Å². The molecular weight excluding hydrogens is 270 g/mol. The molecule has 0 saturated heterocycles. The minimum Gasteiger partial charge on any atom is -0.382 e. The molecule has 0 bridgehead atoms. The zero-order valence-electron chi connectivity index (χ0n) is 10.0. The summed E-state index contributed by atoms with van der Waals surface area (Å²) in [5, 5.41) is 3.52. The maximum atomic E-state index is 11.9. The highest BCUT2D eigenvalue weighted by Gasteiger charge is 2.16. The van der Waals surface area contributed by atoms with Crippen molar-refractivity contribution in [2.75, 3.05) is 24.7 Å². The van der Waals surface area contributed by atoms with Crippen LogP contribution in [0.3, 0.4) is 0 Å². The summed E-state index contributed by atoms with van der Waals surface area (Å²) in [5.74, 6) is 0.0667. The second-order valence-corrected chi connectivity index (χ2v) is 5.70. The normalized spacial score (nSPS) is 10.3. The average Bonchev–Trinajstić information content (AvgIpc) is 2.94. The van der Waals surface area contributed by atoms with Crippen LogP contribution in [0.2, 0.25) is 0 Å². The van der Waals surface area contributed by atoms with Gasteiger partial charge in [-0.1, -0.05) is 11.3 Å². The van der Waals surface area contributed by atoms with Gasteiger partial charge in [0.15, 0.2) is 5.13 Å². The molecule has 3 N–H and O–H groups in total. The lowest BCUT2D eigenvalue weighted by Gasteiger charge is -2.05. The summed E-state index contributed by atoms with van der Waals surface area (Å²) in [7, 11) is 3.72. The molecule has 0 aliphatic carbocycles. The van der Waals surface area contributed by atoms with Gasteiger partial charge < -0.3 is 16.0 Å². The summed E-state index contributed by atoms with van der Waals surface area (Å²) < 4.78 is 0. The van der Waals surface area contributed by atoms with Crippen LogP contribution in [0.25, 0.3) is 0 Å². The number of thiazole rings is 2. The van der Waals surface area contributed by atoms with E-state index in [9.17, 15) is 4.79 Å². The molecule has 1 amide bonds. The average molecular weight is 283 g/mol. The number of nitrogens with one attached hydrogen (secondary N) is 1. The first kappa shape index (κ1) is 12.8. The number of aromatic nitrogens is 2. The van der Waals surface area contributed by atoms with Crippen LogP contribution in [0, 0.1) is 0 Å². The number of nitrogens with zero attached hydrogens (tertiary/aromatic N) is 3. The molecule has 0 aromatic carbocycles. The summed E-state index contributed by atoms with van der Waals surface area (Å²) in [6.45, 7) is 0.456. The highest BCUT2D eigenvalue weighted by molar-refractivity contribution is 7.18. The fraction of sp³-hybridized carbons (Fsp3) is 0.300. The molecule has 2 aromatic heterocycles. The predicted molar refractivity (Wildman–Crippen MR) is 74.1 cm³/mol. The number of carbonyl (C=O) groups is 1. The van der Waals surface area contributed by atoms with Crippen LogP contribution < -0.4 is 16.0 Å². The zero-order chi connectivity index (χ0) is 13.1. The lowest BCUT2D eigenvalue weighted by atomic mass is 10.4. The Labute approximate surface area is 112 Å². The molecule has 0 fully saturated rings. The third kappa shape index (κ3) is 2.77. The summed E-state index contributed by atoms with van der Waals surface area (Å²) in [5.41, 5.74) is 7.46. The number of amides is 1. The molecule has 2 heterocycles. The van der Waals surface area contributed by atoms with Gasteiger partial charge in [0.05, 0.1) is 12.1 Å². The predicted octanol–water partition coefficient (Wildman–Crippen LogP) is 1.18. The van der Waals surface area contributed by atoms with Crippen LogP contribution in [-0.4, -0.2) is 30.0 Å². The van der Waals surface area contributed by atoms with Crippen molar-refractivity contribution >= 4 is 39.5 Å². The first-order valence-corrected chi connectivity index (χ1v) is 6.86. The van der Waals surface area contributed by atoms with E-state index in [1.54, 1.807) is 11.7 Å². The number of carbonyl (C=O) groups excluding carboxylic acids is 1. The van der Waals surface area contributed by atoms with Crippen LogP contribution in [0.4, 0.5) is 10.9 Å². The maximum Gasteiger partial charge on any atom is 0.265 e. The van der Waals surface area contributed by atoms with E-state index >= 15 is 0 Å². The fourth-order valence-corrected chi connectivity index (χ4v) is 2.61. The molecule has 18 heavy (non-hydrogen) atoms. The second-order valence-electron chi connectivity index (χ2n) is 3.76. The Morgan fingerprint density at radius 3 is 2.89 bits per heavy atom. The first-order chi connectivity index (χ1) is 8.58. The summed E-state index contributed by atoms with van der Waals surface area (Å²) >= 11 is 2.78. The smallest absolute Gasteiger partial charge is 0.265 e. The molecule has 0 spiro atoms. The van der Waals surface area contributed by atoms with Crippen molar-refractivity contribution in [3.63, 3.8) is 0 Å². The van der Waals surface area contributed by atoms with Crippen LogP contribution in [-0.2, 0) is 6.54 Å². The Bertz CT molecular complexity index is 534. The molecular formula is C10H13N5OS2. The topological polar surface area (TPSA) is 84.1 Å². The molecule has 0 aliphatic heterocycles. The van der Waals surface area contributed by atoms with Crippen molar-refractivity contribution in [2.24, 2.45) is 0 Å². The highest BCUT2D eigenvalue weighted by Crippen LogP contribution is 2.26. The Morgan fingerprint density at radius 2 is 2.33 bits per heavy atom. The summed E-state index contributed by atoms with van der Waals surface area (Å²) in [6, 6.07) is 0. The molecule has 0 unspecified atom stereocenters. The lowest BCUT2D eigenvalue weighted by molar-refractivity contribution is 0.0956. The third-order valence-corrected chi connectivity index (χ3v) is 4.15. The van der Waals surface area contributed by atoms with Crippen molar-refractivity contribution < 1.29 is 4.79 Å². The van der Waals surface area contributed by atoms with Gasteiger partial charge in [-0.25, -0.2) is 4.98 Å². The van der Waals surface area contributed by atoms with Crippen molar-refractivity contribution in [3.05, 3.63) is 21.5 Å². The minimum absolute atomic E-state index is 0.202. The van der Waals surface area contributed by atoms with Gasteiger partial charge in [-0.3, -0.25) is 9.78 Å². The molecule has 2 aromatic rings. The van der Waals surface area contributed by atoms with E-state index < -0.39 is 0 Å². The number of anilines is 2. The van der Waals surface area contributed by atoms with Gasteiger partial charge in [-0.05, 0) is 0 Å². The van der Waals surface area contributed by atoms with Gasteiger partial charge in [-0.15, -0.1) is 11.3 Å². The highest BCUT2D eigenvalue weighted by atomic mass is 32.1. The van der Waals surface area contributed by atoms with E-state index in [2.05, 4.69) is 15.3 Å². The quantitative estimate of drug-likeness (QED) is 0.880. The Kier molecular flexibility index (Phi) is 3.78. The van der Waals surface area contributed by atoms with E-state index in [0.717, 1.165) is 10.0 Å². The lowest BCUT2D eigenvalue weighted by Crippen LogP contribution is -2.22. The van der Waals surface area contributed by atoms with Gasteiger partial charge >= 0.3 is 0 Å².